The highest BCUT2D eigenvalue weighted by molar-refractivity contribution is 5.97. The van der Waals surface area contributed by atoms with Gasteiger partial charge < -0.3 is 10.6 Å². The van der Waals surface area contributed by atoms with Gasteiger partial charge in [-0.15, -0.1) is 0 Å². The van der Waals surface area contributed by atoms with Crippen molar-refractivity contribution in [3.63, 3.8) is 0 Å². The zero-order valence-electron chi connectivity index (χ0n) is 11.6. The number of carbonyl (C=O) groups is 2. The van der Waals surface area contributed by atoms with Crippen LogP contribution in [0.2, 0.25) is 0 Å². The first-order chi connectivity index (χ1) is 8.74. The minimum atomic E-state index is -0.706. The first-order valence-corrected chi connectivity index (χ1v) is 6.04. The van der Waals surface area contributed by atoms with Crippen LogP contribution in [0.1, 0.15) is 41.5 Å². The molecule has 0 saturated heterocycles. The molecule has 1 aromatic rings. The highest BCUT2D eigenvalue weighted by atomic mass is 19.1. The molecule has 2 amide bonds. The van der Waals surface area contributed by atoms with Gasteiger partial charge in [0.15, 0.2) is 0 Å². The van der Waals surface area contributed by atoms with Crippen LogP contribution in [0.4, 0.5) is 4.39 Å². The van der Waals surface area contributed by atoms with Gasteiger partial charge in [0.2, 0.25) is 0 Å². The van der Waals surface area contributed by atoms with E-state index in [-0.39, 0.29) is 22.4 Å². The molecule has 19 heavy (non-hydrogen) atoms. The summed E-state index contributed by atoms with van der Waals surface area (Å²) in [6.45, 7) is 6.46. The number of hydrogen-bond acceptors (Lipinski definition) is 2. The van der Waals surface area contributed by atoms with Gasteiger partial charge in [0, 0.05) is 19.2 Å². The van der Waals surface area contributed by atoms with E-state index in [1.807, 2.05) is 20.8 Å². The Labute approximate surface area is 112 Å². The predicted molar refractivity (Wildman–Crippen MR) is 71.6 cm³/mol. The zero-order chi connectivity index (χ0) is 14.6. The molecule has 0 aliphatic rings. The normalized spacial score (nSPS) is 11.0. The lowest BCUT2D eigenvalue weighted by atomic mass is 9.97. The van der Waals surface area contributed by atoms with Crippen LogP contribution in [0.5, 0.6) is 0 Å². The van der Waals surface area contributed by atoms with E-state index in [0.29, 0.717) is 6.54 Å². The van der Waals surface area contributed by atoms with Gasteiger partial charge in [0.25, 0.3) is 11.8 Å². The quantitative estimate of drug-likeness (QED) is 0.878. The molecule has 0 spiro atoms. The van der Waals surface area contributed by atoms with Crippen molar-refractivity contribution in [3.8, 4) is 0 Å². The topological polar surface area (TPSA) is 58.2 Å². The Morgan fingerprint density at radius 3 is 2.32 bits per heavy atom. The van der Waals surface area contributed by atoms with Crippen molar-refractivity contribution < 1.29 is 14.0 Å². The van der Waals surface area contributed by atoms with Gasteiger partial charge in [-0.25, -0.2) is 4.39 Å². The summed E-state index contributed by atoms with van der Waals surface area (Å²) in [7, 11) is 1.42. The molecule has 1 rings (SSSR count). The SMILES string of the molecule is CNC(=O)c1ccc(C(=O)NCC(C)(C)C)cc1F. The van der Waals surface area contributed by atoms with Crippen LogP contribution >= 0.6 is 0 Å². The molecule has 0 fully saturated rings. The Kier molecular flexibility index (Phi) is 4.64. The van der Waals surface area contributed by atoms with E-state index in [1.165, 1.54) is 19.2 Å². The minimum absolute atomic E-state index is 0.0454. The predicted octanol–water partition coefficient (Wildman–Crippen LogP) is 1.96. The van der Waals surface area contributed by atoms with Gasteiger partial charge in [0.1, 0.15) is 5.82 Å². The Bertz CT molecular complexity index is 493. The van der Waals surface area contributed by atoms with Crippen molar-refractivity contribution in [1.29, 1.82) is 0 Å². The number of rotatable bonds is 3. The third-order valence-corrected chi connectivity index (χ3v) is 2.48. The van der Waals surface area contributed by atoms with Crippen LogP contribution in [0, 0.1) is 11.2 Å². The maximum atomic E-state index is 13.7. The summed E-state index contributed by atoms with van der Waals surface area (Å²) in [5.74, 6) is -1.57. The number of hydrogen-bond donors (Lipinski definition) is 2. The molecule has 0 aliphatic heterocycles. The fraction of sp³-hybridized carbons (Fsp3) is 0.429. The molecule has 0 aliphatic carbocycles. The molecule has 0 radical (unpaired) electrons. The Balaban J connectivity index is 2.83. The van der Waals surface area contributed by atoms with E-state index in [4.69, 9.17) is 0 Å². The van der Waals surface area contributed by atoms with E-state index in [2.05, 4.69) is 10.6 Å². The minimum Gasteiger partial charge on any atom is -0.355 e. The summed E-state index contributed by atoms with van der Waals surface area (Å²) < 4.78 is 13.7. The van der Waals surface area contributed by atoms with Crippen molar-refractivity contribution in [3.05, 3.63) is 35.1 Å². The second kappa shape index (κ2) is 5.82. The van der Waals surface area contributed by atoms with Crippen molar-refractivity contribution >= 4 is 11.8 Å². The average Bonchev–Trinajstić information content (AvgIpc) is 2.34. The van der Waals surface area contributed by atoms with Crippen molar-refractivity contribution in [1.82, 2.24) is 10.6 Å². The van der Waals surface area contributed by atoms with Gasteiger partial charge in [-0.3, -0.25) is 9.59 Å². The Morgan fingerprint density at radius 2 is 1.84 bits per heavy atom. The molecule has 5 heteroatoms. The summed E-state index contributed by atoms with van der Waals surface area (Å²) in [5, 5.41) is 5.06. The van der Waals surface area contributed by atoms with E-state index >= 15 is 0 Å². The molecule has 0 bridgehead atoms. The van der Waals surface area contributed by atoms with Crippen LogP contribution in [0.25, 0.3) is 0 Å². The summed E-state index contributed by atoms with van der Waals surface area (Å²) in [6.07, 6.45) is 0. The lowest BCUT2D eigenvalue weighted by Crippen LogP contribution is -2.32. The lowest BCUT2D eigenvalue weighted by Gasteiger charge is -2.18. The highest BCUT2D eigenvalue weighted by Gasteiger charge is 2.16. The molecule has 4 nitrogen and oxygen atoms in total. The zero-order valence-corrected chi connectivity index (χ0v) is 11.6. The molecule has 1 aromatic carbocycles. The monoisotopic (exact) mass is 266 g/mol. The lowest BCUT2D eigenvalue weighted by molar-refractivity contribution is 0.0932. The Morgan fingerprint density at radius 1 is 1.21 bits per heavy atom. The second-order valence-electron chi connectivity index (χ2n) is 5.52. The number of halogens is 1. The second-order valence-corrected chi connectivity index (χ2v) is 5.52. The maximum absolute atomic E-state index is 13.7. The average molecular weight is 266 g/mol. The van der Waals surface area contributed by atoms with Crippen LogP contribution < -0.4 is 10.6 Å². The van der Waals surface area contributed by atoms with Gasteiger partial charge in [-0.05, 0) is 23.6 Å². The third kappa shape index (κ3) is 4.35. The van der Waals surface area contributed by atoms with E-state index < -0.39 is 11.7 Å². The number of amides is 2. The first kappa shape index (κ1) is 15.1. The first-order valence-electron chi connectivity index (χ1n) is 6.04. The smallest absolute Gasteiger partial charge is 0.253 e. The summed E-state index contributed by atoms with van der Waals surface area (Å²) >= 11 is 0. The summed E-state index contributed by atoms with van der Waals surface area (Å²) in [6, 6.07) is 3.81. The number of benzene rings is 1. The molecule has 0 unspecified atom stereocenters. The van der Waals surface area contributed by atoms with Crippen LogP contribution in [-0.2, 0) is 0 Å². The largest absolute Gasteiger partial charge is 0.355 e. The standard InChI is InChI=1S/C14H19FN2O2/c1-14(2,3)8-17-12(18)9-5-6-10(11(15)7-9)13(19)16-4/h5-7H,8H2,1-4H3,(H,16,19)(H,17,18). The summed E-state index contributed by atoms with van der Waals surface area (Å²) in [5.41, 5.74) is 0.0836. The molecule has 2 N–H and O–H groups in total. The number of nitrogens with one attached hydrogen (secondary N) is 2. The van der Waals surface area contributed by atoms with Gasteiger partial charge in [0.05, 0.1) is 5.56 Å². The summed E-state index contributed by atoms with van der Waals surface area (Å²) in [4.78, 5) is 23.1. The van der Waals surface area contributed by atoms with Gasteiger partial charge in [-0.1, -0.05) is 20.8 Å². The highest BCUT2D eigenvalue weighted by Crippen LogP contribution is 2.13. The maximum Gasteiger partial charge on any atom is 0.253 e. The van der Waals surface area contributed by atoms with Crippen molar-refractivity contribution in [2.24, 2.45) is 5.41 Å². The molecule has 0 atom stereocenters. The number of carbonyl (C=O) groups excluding carboxylic acids is 2. The van der Waals surface area contributed by atoms with Gasteiger partial charge >= 0.3 is 0 Å². The fourth-order valence-electron chi connectivity index (χ4n) is 1.42. The Hall–Kier alpha value is -1.91. The molecule has 0 aromatic heterocycles. The van der Waals surface area contributed by atoms with Gasteiger partial charge in [-0.2, -0.15) is 0 Å². The molecule has 104 valence electrons. The van der Waals surface area contributed by atoms with Crippen molar-refractivity contribution in [2.45, 2.75) is 20.8 Å². The van der Waals surface area contributed by atoms with Crippen LogP contribution in [0.3, 0.4) is 0 Å². The molecular formula is C14H19FN2O2. The molecular weight excluding hydrogens is 247 g/mol. The van der Waals surface area contributed by atoms with E-state index in [0.717, 1.165) is 6.07 Å². The van der Waals surface area contributed by atoms with Crippen molar-refractivity contribution in [2.75, 3.05) is 13.6 Å². The van der Waals surface area contributed by atoms with Crippen LogP contribution in [0.15, 0.2) is 18.2 Å². The van der Waals surface area contributed by atoms with E-state index in [1.54, 1.807) is 0 Å². The van der Waals surface area contributed by atoms with Crippen LogP contribution in [-0.4, -0.2) is 25.4 Å². The third-order valence-electron chi connectivity index (χ3n) is 2.48. The molecule has 0 heterocycles. The molecule has 0 saturated carbocycles. The van der Waals surface area contributed by atoms with E-state index in [9.17, 15) is 14.0 Å². The fourth-order valence-corrected chi connectivity index (χ4v) is 1.42.